The van der Waals surface area contributed by atoms with Gasteiger partial charge in [-0.15, -0.1) is 0 Å². The van der Waals surface area contributed by atoms with Crippen molar-refractivity contribution >= 4 is 16.1 Å². The van der Waals surface area contributed by atoms with Gasteiger partial charge in [-0.3, -0.25) is 9.35 Å². The maximum Gasteiger partial charge on any atom is 0.303 e. The summed E-state index contributed by atoms with van der Waals surface area (Å²) in [5, 5.41) is 8.57. The highest BCUT2D eigenvalue weighted by molar-refractivity contribution is 7.87. The predicted molar refractivity (Wildman–Crippen MR) is 97.1 cm³/mol. The molecule has 6 nitrogen and oxygen atoms in total. The minimum Gasteiger partial charge on any atom is -0.481 e. The first-order valence-corrected chi connectivity index (χ1v) is 11.1. The number of rotatable bonds is 15. The lowest BCUT2D eigenvalue weighted by atomic mass is 9.94. The van der Waals surface area contributed by atoms with Gasteiger partial charge in [0.2, 0.25) is 0 Å². The smallest absolute Gasteiger partial charge is 0.303 e. The molecule has 2 atom stereocenters. The number of carbonyl (C=O) groups is 1. The SMILES string of the molecule is CCCCCCCC1CC(CCCCCCCC(=O)O)(S(=O)(=O)O)O1. The largest absolute Gasteiger partial charge is 0.481 e. The summed E-state index contributed by atoms with van der Waals surface area (Å²) in [4.78, 5) is 9.02. The molecule has 2 unspecified atom stereocenters. The van der Waals surface area contributed by atoms with Crippen LogP contribution in [0.3, 0.4) is 0 Å². The average Bonchev–Trinajstić information content (AvgIpc) is 2.48. The van der Waals surface area contributed by atoms with E-state index in [9.17, 15) is 17.8 Å². The minimum atomic E-state index is -4.21. The molecule has 1 heterocycles. The van der Waals surface area contributed by atoms with Crippen LogP contribution < -0.4 is 0 Å². The van der Waals surface area contributed by atoms with Gasteiger partial charge in [0.05, 0.1) is 6.10 Å². The lowest BCUT2D eigenvalue weighted by molar-refractivity contribution is -0.164. The maximum atomic E-state index is 11.7. The lowest BCUT2D eigenvalue weighted by Gasteiger charge is -2.45. The Bertz CT molecular complexity index is 482. The van der Waals surface area contributed by atoms with E-state index in [4.69, 9.17) is 9.84 Å². The molecule has 0 spiro atoms. The van der Waals surface area contributed by atoms with E-state index in [1.54, 1.807) is 0 Å². The third kappa shape index (κ3) is 8.05. The summed E-state index contributed by atoms with van der Waals surface area (Å²) in [7, 11) is -4.21. The molecule has 25 heavy (non-hydrogen) atoms. The molecule has 0 saturated carbocycles. The molecule has 0 aliphatic carbocycles. The number of aliphatic carboxylic acids is 1. The lowest BCUT2D eigenvalue weighted by Crippen LogP contribution is -2.55. The van der Waals surface area contributed by atoms with Gasteiger partial charge in [0, 0.05) is 12.8 Å². The molecule has 0 amide bonds. The number of ether oxygens (including phenoxy) is 1. The van der Waals surface area contributed by atoms with Gasteiger partial charge in [0.15, 0.2) is 4.93 Å². The molecule has 0 radical (unpaired) electrons. The summed E-state index contributed by atoms with van der Waals surface area (Å²) in [5.74, 6) is -0.783. The number of carboxylic acids is 1. The van der Waals surface area contributed by atoms with E-state index >= 15 is 0 Å². The second-order valence-electron chi connectivity index (χ2n) is 7.19. The van der Waals surface area contributed by atoms with Crippen molar-refractivity contribution in [2.45, 2.75) is 108 Å². The highest BCUT2D eigenvalue weighted by Crippen LogP contribution is 2.43. The summed E-state index contributed by atoms with van der Waals surface area (Å²) in [6.07, 6.45) is 11.3. The second-order valence-corrected chi connectivity index (χ2v) is 8.89. The zero-order valence-corrected chi connectivity index (χ0v) is 16.2. The number of hydrogen-bond donors (Lipinski definition) is 2. The monoisotopic (exact) mass is 378 g/mol. The summed E-state index contributed by atoms with van der Waals surface area (Å²) >= 11 is 0. The van der Waals surface area contributed by atoms with Gasteiger partial charge in [0.25, 0.3) is 10.1 Å². The Hall–Kier alpha value is -0.660. The molecule has 1 aliphatic rings. The fourth-order valence-electron chi connectivity index (χ4n) is 3.43. The summed E-state index contributed by atoms with van der Waals surface area (Å²) in [6.45, 7) is 2.17. The normalized spacial score (nSPS) is 23.4. The van der Waals surface area contributed by atoms with Crippen LogP contribution >= 0.6 is 0 Å². The Morgan fingerprint density at radius 1 is 1.04 bits per heavy atom. The third-order valence-electron chi connectivity index (χ3n) is 4.97. The van der Waals surface area contributed by atoms with Crippen molar-refractivity contribution in [2.24, 2.45) is 0 Å². The van der Waals surface area contributed by atoms with Crippen molar-refractivity contribution in [3.05, 3.63) is 0 Å². The summed E-state index contributed by atoms with van der Waals surface area (Å²) in [6, 6.07) is 0. The quantitative estimate of drug-likeness (QED) is 0.320. The molecule has 0 aromatic heterocycles. The average molecular weight is 379 g/mol. The van der Waals surface area contributed by atoms with Crippen LogP contribution in [0.2, 0.25) is 0 Å². The molecular weight excluding hydrogens is 344 g/mol. The first-order valence-electron chi connectivity index (χ1n) is 9.67. The van der Waals surface area contributed by atoms with Gasteiger partial charge in [-0.1, -0.05) is 58.3 Å². The Balaban J connectivity index is 2.22. The van der Waals surface area contributed by atoms with Crippen molar-refractivity contribution in [2.75, 3.05) is 0 Å². The highest BCUT2D eigenvalue weighted by Gasteiger charge is 2.54. The van der Waals surface area contributed by atoms with Crippen LogP contribution in [0.1, 0.15) is 96.8 Å². The Kier molecular flexibility index (Phi) is 9.97. The van der Waals surface area contributed by atoms with Crippen molar-refractivity contribution in [1.29, 1.82) is 0 Å². The van der Waals surface area contributed by atoms with Crippen molar-refractivity contribution < 1.29 is 27.6 Å². The summed E-state index contributed by atoms with van der Waals surface area (Å²) < 4.78 is 38.6. The van der Waals surface area contributed by atoms with Crippen LogP contribution in [0.15, 0.2) is 0 Å². The van der Waals surface area contributed by atoms with Crippen molar-refractivity contribution in [3.8, 4) is 0 Å². The van der Waals surface area contributed by atoms with E-state index in [-0.39, 0.29) is 12.5 Å². The van der Waals surface area contributed by atoms with Gasteiger partial charge in [-0.05, 0) is 25.7 Å². The summed E-state index contributed by atoms with van der Waals surface area (Å²) in [5.41, 5.74) is 0. The van der Waals surface area contributed by atoms with E-state index < -0.39 is 21.0 Å². The fraction of sp³-hybridized carbons (Fsp3) is 0.944. The zero-order chi connectivity index (χ0) is 18.8. The van der Waals surface area contributed by atoms with Gasteiger partial charge >= 0.3 is 5.97 Å². The zero-order valence-electron chi connectivity index (χ0n) is 15.4. The molecule has 7 heteroatoms. The van der Waals surface area contributed by atoms with Crippen molar-refractivity contribution in [3.63, 3.8) is 0 Å². The van der Waals surface area contributed by atoms with Crippen LogP contribution in [0.25, 0.3) is 0 Å². The molecule has 1 aliphatic heterocycles. The molecule has 0 aromatic carbocycles. The van der Waals surface area contributed by atoms with Crippen LogP contribution in [0.4, 0.5) is 0 Å². The molecule has 148 valence electrons. The molecule has 1 rings (SSSR count). The third-order valence-corrected chi connectivity index (χ3v) is 6.38. The van der Waals surface area contributed by atoms with Crippen LogP contribution in [0, 0.1) is 0 Å². The van der Waals surface area contributed by atoms with E-state index in [0.29, 0.717) is 25.7 Å². The minimum absolute atomic E-state index is 0.0564. The topological polar surface area (TPSA) is 101 Å². The molecular formula is C18H34O6S. The Morgan fingerprint density at radius 2 is 1.60 bits per heavy atom. The fourth-order valence-corrected chi connectivity index (χ4v) is 4.49. The highest BCUT2D eigenvalue weighted by atomic mass is 32.2. The van der Waals surface area contributed by atoms with Gasteiger partial charge < -0.3 is 9.84 Å². The number of hydrogen-bond acceptors (Lipinski definition) is 4. The first kappa shape index (κ1) is 22.4. The molecule has 1 saturated heterocycles. The first-order chi connectivity index (χ1) is 11.8. The molecule has 1 fully saturated rings. The molecule has 2 N–H and O–H groups in total. The Morgan fingerprint density at radius 3 is 2.20 bits per heavy atom. The number of carboxylic acid groups (broad SMARTS) is 1. The van der Waals surface area contributed by atoms with Gasteiger partial charge in [-0.2, -0.15) is 8.42 Å². The van der Waals surface area contributed by atoms with Gasteiger partial charge in [-0.25, -0.2) is 0 Å². The van der Waals surface area contributed by atoms with Gasteiger partial charge in [0.1, 0.15) is 0 Å². The van der Waals surface area contributed by atoms with E-state index in [1.807, 2.05) is 0 Å². The van der Waals surface area contributed by atoms with Crippen LogP contribution in [-0.2, 0) is 19.6 Å². The molecule has 0 aromatic rings. The number of unbranched alkanes of at least 4 members (excludes halogenated alkanes) is 8. The van der Waals surface area contributed by atoms with Crippen molar-refractivity contribution in [1.82, 2.24) is 0 Å². The van der Waals surface area contributed by atoms with E-state index in [2.05, 4.69) is 6.92 Å². The van der Waals surface area contributed by atoms with Crippen LogP contribution in [-0.4, -0.2) is 35.1 Å². The molecule has 0 bridgehead atoms. The van der Waals surface area contributed by atoms with E-state index in [0.717, 1.165) is 38.5 Å². The van der Waals surface area contributed by atoms with E-state index in [1.165, 1.54) is 19.3 Å². The Labute approximate surface area is 152 Å². The second kappa shape index (κ2) is 11.1. The van der Waals surface area contributed by atoms with Crippen LogP contribution in [0.5, 0.6) is 0 Å². The maximum absolute atomic E-state index is 11.7. The standard InChI is InChI=1S/C18H34O6S/c1-2-3-4-6-9-12-16-15-18(24-16,25(21,22)23)14-11-8-5-7-10-13-17(19)20/h16H,2-15H2,1H3,(H,19,20)(H,21,22,23). The predicted octanol–water partition coefficient (Wildman–Crippen LogP) is 4.54.